The highest BCUT2D eigenvalue weighted by Gasteiger charge is 2.07. The maximum atomic E-state index is 10.7. The highest BCUT2D eigenvalue weighted by atomic mass is 16.4. The molecular formula is C10H11N3O3. The third-order valence-electron chi connectivity index (χ3n) is 2.19. The number of rotatable bonds is 4. The second-order valence-corrected chi connectivity index (χ2v) is 3.38. The van der Waals surface area contributed by atoms with Gasteiger partial charge < -0.3 is 10.2 Å². The van der Waals surface area contributed by atoms with Gasteiger partial charge in [0.25, 0.3) is 0 Å². The molecule has 84 valence electrons. The monoisotopic (exact) mass is 221 g/mol. The summed E-state index contributed by atoms with van der Waals surface area (Å²) in [6.07, 6.45) is 2.75. The van der Waals surface area contributed by atoms with Gasteiger partial charge in [-0.25, -0.2) is 14.3 Å². The predicted molar refractivity (Wildman–Crippen MR) is 55.4 cm³/mol. The zero-order valence-electron chi connectivity index (χ0n) is 8.50. The molecule has 6 nitrogen and oxygen atoms in total. The van der Waals surface area contributed by atoms with E-state index in [1.807, 2.05) is 0 Å². The molecule has 0 aliphatic rings. The molecule has 0 unspecified atom stereocenters. The van der Waals surface area contributed by atoms with E-state index in [1.165, 1.54) is 16.6 Å². The molecule has 2 aromatic heterocycles. The number of nitrogens with zero attached hydrogens (tertiary/aromatic N) is 3. The fourth-order valence-electron chi connectivity index (χ4n) is 1.40. The lowest BCUT2D eigenvalue weighted by molar-refractivity contribution is 0.0697. The Kier molecular flexibility index (Phi) is 2.82. The Balaban J connectivity index is 2.34. The van der Waals surface area contributed by atoms with Crippen LogP contribution in [-0.2, 0) is 6.42 Å². The number of aromatic nitrogens is 3. The van der Waals surface area contributed by atoms with Crippen LogP contribution < -0.4 is 0 Å². The van der Waals surface area contributed by atoms with Gasteiger partial charge in [0.2, 0.25) is 0 Å². The first-order valence-corrected chi connectivity index (χ1v) is 4.90. The van der Waals surface area contributed by atoms with Crippen LogP contribution in [0.5, 0.6) is 0 Å². The van der Waals surface area contributed by atoms with Crippen molar-refractivity contribution in [3.05, 3.63) is 29.7 Å². The average molecular weight is 221 g/mol. The fourth-order valence-corrected chi connectivity index (χ4v) is 1.40. The van der Waals surface area contributed by atoms with Gasteiger partial charge in [0, 0.05) is 19.2 Å². The van der Waals surface area contributed by atoms with Crippen molar-refractivity contribution in [1.29, 1.82) is 0 Å². The van der Waals surface area contributed by atoms with Crippen LogP contribution in [0, 0.1) is 0 Å². The maximum Gasteiger partial charge on any atom is 0.335 e. The molecule has 0 saturated carbocycles. The van der Waals surface area contributed by atoms with Gasteiger partial charge in [0.15, 0.2) is 11.5 Å². The van der Waals surface area contributed by atoms with E-state index in [2.05, 4.69) is 10.1 Å². The molecule has 6 heteroatoms. The van der Waals surface area contributed by atoms with Crippen molar-refractivity contribution in [3.8, 4) is 0 Å². The molecule has 0 atom stereocenters. The van der Waals surface area contributed by atoms with Crippen LogP contribution in [-0.4, -0.2) is 37.4 Å². The summed E-state index contributed by atoms with van der Waals surface area (Å²) in [4.78, 5) is 14.9. The van der Waals surface area contributed by atoms with Crippen molar-refractivity contribution in [1.82, 2.24) is 14.6 Å². The van der Waals surface area contributed by atoms with Crippen LogP contribution in [0.2, 0.25) is 0 Å². The van der Waals surface area contributed by atoms with Gasteiger partial charge in [-0.15, -0.1) is 0 Å². The summed E-state index contributed by atoms with van der Waals surface area (Å²) in [6.45, 7) is 0.0932. The van der Waals surface area contributed by atoms with Gasteiger partial charge in [-0.2, -0.15) is 5.10 Å². The molecule has 0 aromatic carbocycles. The minimum atomic E-state index is -0.984. The normalized spacial score (nSPS) is 10.8. The van der Waals surface area contributed by atoms with Crippen molar-refractivity contribution in [2.45, 2.75) is 12.8 Å². The fraction of sp³-hybridized carbons (Fsp3) is 0.300. The summed E-state index contributed by atoms with van der Waals surface area (Å²) in [5, 5.41) is 21.6. The molecule has 0 aliphatic heterocycles. The van der Waals surface area contributed by atoms with E-state index in [-0.39, 0.29) is 12.2 Å². The van der Waals surface area contributed by atoms with Crippen LogP contribution >= 0.6 is 0 Å². The molecule has 2 N–H and O–H groups in total. The van der Waals surface area contributed by atoms with Crippen LogP contribution in [0.15, 0.2) is 18.3 Å². The molecule has 0 bridgehead atoms. The lowest BCUT2D eigenvalue weighted by atomic mass is 10.3. The highest BCUT2D eigenvalue weighted by molar-refractivity contribution is 5.88. The smallest absolute Gasteiger partial charge is 0.335 e. The molecule has 2 aromatic rings. The Labute approximate surface area is 91.2 Å². The molecule has 2 heterocycles. The topological polar surface area (TPSA) is 87.7 Å². The second kappa shape index (κ2) is 4.28. The summed E-state index contributed by atoms with van der Waals surface area (Å²) in [7, 11) is 0. The van der Waals surface area contributed by atoms with Crippen LogP contribution in [0.25, 0.3) is 5.65 Å². The van der Waals surface area contributed by atoms with E-state index < -0.39 is 5.97 Å². The molecule has 2 rings (SSSR count). The third kappa shape index (κ3) is 2.01. The van der Waals surface area contributed by atoms with Crippen molar-refractivity contribution in [2.75, 3.05) is 6.61 Å². The zero-order chi connectivity index (χ0) is 11.5. The van der Waals surface area contributed by atoms with Crippen LogP contribution in [0.1, 0.15) is 22.6 Å². The largest absolute Gasteiger partial charge is 0.478 e. The van der Waals surface area contributed by atoms with Gasteiger partial charge >= 0.3 is 5.97 Å². The summed E-state index contributed by atoms with van der Waals surface area (Å²) < 4.78 is 1.53. The summed E-state index contributed by atoms with van der Waals surface area (Å²) in [5.74, 6) is -0.376. The number of carboxylic acid groups (broad SMARTS) is 1. The number of aliphatic hydroxyl groups excluding tert-OH is 1. The Bertz CT molecular complexity index is 521. The quantitative estimate of drug-likeness (QED) is 0.777. The maximum absolute atomic E-state index is 10.7. The lowest BCUT2D eigenvalue weighted by Gasteiger charge is -1.93. The Morgan fingerprint density at radius 3 is 3.00 bits per heavy atom. The Hall–Kier alpha value is -1.95. The van der Waals surface area contributed by atoms with E-state index in [4.69, 9.17) is 10.2 Å². The number of carbonyl (C=O) groups is 1. The number of aliphatic hydroxyl groups is 1. The first kappa shape index (κ1) is 10.6. The molecular weight excluding hydrogens is 210 g/mol. The number of hydrogen-bond acceptors (Lipinski definition) is 4. The Morgan fingerprint density at radius 1 is 1.50 bits per heavy atom. The van der Waals surface area contributed by atoms with Crippen molar-refractivity contribution in [2.24, 2.45) is 0 Å². The molecule has 0 spiro atoms. The minimum Gasteiger partial charge on any atom is -0.478 e. The van der Waals surface area contributed by atoms with E-state index >= 15 is 0 Å². The van der Waals surface area contributed by atoms with Gasteiger partial charge in [0.1, 0.15) is 0 Å². The molecule has 0 fully saturated rings. The SMILES string of the molecule is O=C(O)c1ccn2nc(CCCO)nc2c1. The first-order valence-electron chi connectivity index (χ1n) is 4.90. The number of aryl methyl sites for hydroxylation is 1. The summed E-state index contributed by atoms with van der Waals surface area (Å²) in [5.41, 5.74) is 0.696. The molecule has 0 saturated heterocycles. The number of hydrogen-bond donors (Lipinski definition) is 2. The highest BCUT2D eigenvalue weighted by Crippen LogP contribution is 2.06. The standard InChI is InChI=1S/C10H11N3O3/c14-5-1-2-8-11-9-6-7(10(15)16)3-4-13(9)12-8/h3-4,6,14H,1-2,5H2,(H,15,16). The lowest BCUT2D eigenvalue weighted by Crippen LogP contribution is -1.97. The molecule has 0 radical (unpaired) electrons. The number of pyridine rings is 1. The van der Waals surface area contributed by atoms with Gasteiger partial charge in [-0.3, -0.25) is 0 Å². The van der Waals surface area contributed by atoms with E-state index in [0.29, 0.717) is 24.3 Å². The number of aromatic carboxylic acids is 1. The van der Waals surface area contributed by atoms with E-state index in [0.717, 1.165) is 0 Å². The number of carboxylic acids is 1. The van der Waals surface area contributed by atoms with Crippen molar-refractivity contribution < 1.29 is 15.0 Å². The van der Waals surface area contributed by atoms with Crippen LogP contribution in [0.4, 0.5) is 0 Å². The number of fused-ring (bicyclic) bond motifs is 1. The second-order valence-electron chi connectivity index (χ2n) is 3.38. The van der Waals surface area contributed by atoms with E-state index in [1.54, 1.807) is 6.20 Å². The zero-order valence-corrected chi connectivity index (χ0v) is 8.50. The minimum absolute atomic E-state index is 0.0932. The molecule has 0 aliphatic carbocycles. The Morgan fingerprint density at radius 2 is 2.31 bits per heavy atom. The summed E-state index contributed by atoms with van der Waals surface area (Å²) >= 11 is 0. The van der Waals surface area contributed by atoms with E-state index in [9.17, 15) is 4.79 Å². The molecule has 16 heavy (non-hydrogen) atoms. The van der Waals surface area contributed by atoms with Crippen molar-refractivity contribution in [3.63, 3.8) is 0 Å². The first-order chi connectivity index (χ1) is 7.70. The molecule has 0 amide bonds. The van der Waals surface area contributed by atoms with Crippen molar-refractivity contribution >= 4 is 11.6 Å². The van der Waals surface area contributed by atoms with Gasteiger partial charge in [0.05, 0.1) is 5.56 Å². The van der Waals surface area contributed by atoms with Gasteiger partial charge in [-0.05, 0) is 18.6 Å². The predicted octanol–water partition coefficient (Wildman–Crippen LogP) is 0.352. The third-order valence-corrected chi connectivity index (χ3v) is 2.19. The summed E-state index contributed by atoms with van der Waals surface area (Å²) in [6, 6.07) is 2.94. The van der Waals surface area contributed by atoms with Gasteiger partial charge in [-0.1, -0.05) is 0 Å². The van der Waals surface area contributed by atoms with Crippen LogP contribution in [0.3, 0.4) is 0 Å². The average Bonchev–Trinajstić information content (AvgIpc) is 2.67.